The van der Waals surface area contributed by atoms with E-state index in [9.17, 15) is 9.18 Å². The summed E-state index contributed by atoms with van der Waals surface area (Å²) in [5.74, 6) is 0.478. The zero-order chi connectivity index (χ0) is 19.0. The molecule has 0 spiro atoms. The molecule has 0 amide bonds. The van der Waals surface area contributed by atoms with E-state index >= 15 is 0 Å². The first-order valence-corrected chi connectivity index (χ1v) is 8.83. The Hall–Kier alpha value is -3.03. The van der Waals surface area contributed by atoms with Crippen LogP contribution in [0.1, 0.15) is 24.9 Å². The summed E-state index contributed by atoms with van der Waals surface area (Å²) in [5, 5.41) is 5.00. The summed E-state index contributed by atoms with van der Waals surface area (Å²) in [7, 11) is 1.33. The van der Waals surface area contributed by atoms with Gasteiger partial charge in [-0.2, -0.15) is 5.10 Å². The van der Waals surface area contributed by atoms with Crippen molar-refractivity contribution in [2.24, 2.45) is 5.92 Å². The Bertz CT molecular complexity index is 989. The van der Waals surface area contributed by atoms with Crippen LogP contribution in [0.3, 0.4) is 0 Å². The molecule has 27 heavy (non-hydrogen) atoms. The van der Waals surface area contributed by atoms with Crippen LogP contribution in [0, 0.1) is 11.7 Å². The highest BCUT2D eigenvalue weighted by Crippen LogP contribution is 2.40. The van der Waals surface area contributed by atoms with Gasteiger partial charge in [-0.25, -0.2) is 19.0 Å². The molecule has 2 unspecified atom stereocenters. The van der Waals surface area contributed by atoms with Gasteiger partial charge < -0.3 is 9.64 Å². The van der Waals surface area contributed by atoms with Gasteiger partial charge in [0.2, 0.25) is 0 Å². The minimum Gasteiger partial charge on any atom is -0.468 e. The van der Waals surface area contributed by atoms with Crippen LogP contribution in [0.2, 0.25) is 0 Å². The molecule has 4 rings (SSSR count). The molecule has 1 aliphatic heterocycles. The van der Waals surface area contributed by atoms with E-state index in [2.05, 4.69) is 26.9 Å². The van der Waals surface area contributed by atoms with Gasteiger partial charge in [-0.3, -0.25) is 4.79 Å². The van der Waals surface area contributed by atoms with Gasteiger partial charge in [0.1, 0.15) is 24.5 Å². The third-order valence-corrected chi connectivity index (χ3v) is 4.97. The summed E-state index contributed by atoms with van der Waals surface area (Å²) in [6.07, 6.45) is 3.94. The first kappa shape index (κ1) is 17.4. The second-order valence-electron chi connectivity index (χ2n) is 6.84. The Morgan fingerprint density at radius 2 is 2.15 bits per heavy atom. The zero-order valence-corrected chi connectivity index (χ0v) is 15.2. The van der Waals surface area contributed by atoms with Crippen LogP contribution in [0.4, 0.5) is 10.2 Å². The largest absolute Gasteiger partial charge is 0.468 e. The predicted octanol–water partition coefficient (Wildman–Crippen LogP) is 2.73. The molecule has 8 heteroatoms. The maximum absolute atomic E-state index is 14.4. The van der Waals surface area contributed by atoms with Crippen molar-refractivity contribution in [3.63, 3.8) is 0 Å². The lowest BCUT2D eigenvalue weighted by atomic mass is 10.0. The molecule has 2 aromatic heterocycles. The summed E-state index contributed by atoms with van der Waals surface area (Å²) in [5.41, 5.74) is 1.22. The third kappa shape index (κ3) is 3.11. The Morgan fingerprint density at radius 3 is 2.93 bits per heavy atom. The fraction of sp³-hybridized carbons (Fsp3) is 0.368. The summed E-state index contributed by atoms with van der Waals surface area (Å²) < 4.78 is 20.6. The number of anilines is 1. The van der Waals surface area contributed by atoms with E-state index in [0.29, 0.717) is 22.9 Å². The van der Waals surface area contributed by atoms with E-state index < -0.39 is 5.97 Å². The SMILES string of the molecule is COC(=O)Cn1ncc2c(N3CC(C)CC3c3ccccc3F)ncnc21. The number of aromatic nitrogens is 4. The number of hydrogen-bond donors (Lipinski definition) is 0. The van der Waals surface area contributed by atoms with Crippen LogP contribution in [0.15, 0.2) is 36.8 Å². The lowest BCUT2D eigenvalue weighted by molar-refractivity contribution is -0.141. The average molecular weight is 369 g/mol. The molecule has 0 N–H and O–H groups in total. The topological polar surface area (TPSA) is 73.1 Å². The molecule has 0 radical (unpaired) electrons. The molecule has 3 heterocycles. The second kappa shape index (κ2) is 6.94. The smallest absolute Gasteiger partial charge is 0.327 e. The predicted molar refractivity (Wildman–Crippen MR) is 97.6 cm³/mol. The molecule has 1 aromatic carbocycles. The monoisotopic (exact) mass is 369 g/mol. The maximum Gasteiger partial charge on any atom is 0.327 e. The van der Waals surface area contributed by atoms with Gasteiger partial charge in [-0.15, -0.1) is 0 Å². The average Bonchev–Trinajstić information content (AvgIpc) is 3.25. The number of benzene rings is 1. The van der Waals surface area contributed by atoms with Gasteiger partial charge in [0.25, 0.3) is 0 Å². The van der Waals surface area contributed by atoms with Gasteiger partial charge in [-0.05, 0) is 18.4 Å². The van der Waals surface area contributed by atoms with Gasteiger partial charge >= 0.3 is 5.97 Å². The highest BCUT2D eigenvalue weighted by atomic mass is 19.1. The van der Waals surface area contributed by atoms with E-state index in [-0.39, 0.29) is 18.4 Å². The Labute approximate surface area is 155 Å². The van der Waals surface area contributed by atoms with Gasteiger partial charge in [0, 0.05) is 12.1 Å². The third-order valence-electron chi connectivity index (χ3n) is 4.97. The van der Waals surface area contributed by atoms with Crippen LogP contribution in [-0.2, 0) is 16.1 Å². The number of nitrogens with zero attached hydrogens (tertiary/aromatic N) is 5. The van der Waals surface area contributed by atoms with Crippen molar-refractivity contribution in [1.82, 2.24) is 19.7 Å². The van der Waals surface area contributed by atoms with Crippen LogP contribution in [-0.4, -0.2) is 39.4 Å². The first-order valence-electron chi connectivity index (χ1n) is 8.83. The number of fused-ring (bicyclic) bond motifs is 1. The zero-order valence-electron chi connectivity index (χ0n) is 15.2. The van der Waals surface area contributed by atoms with Gasteiger partial charge in [-0.1, -0.05) is 25.1 Å². The van der Waals surface area contributed by atoms with Crippen molar-refractivity contribution in [2.45, 2.75) is 25.9 Å². The van der Waals surface area contributed by atoms with Gasteiger partial charge in [0.05, 0.1) is 24.7 Å². The quantitative estimate of drug-likeness (QED) is 0.659. The molecule has 2 atom stereocenters. The number of ether oxygens (including phenoxy) is 1. The van der Waals surface area contributed by atoms with Crippen molar-refractivity contribution < 1.29 is 13.9 Å². The molecule has 1 aliphatic rings. The van der Waals surface area contributed by atoms with Crippen LogP contribution < -0.4 is 4.90 Å². The number of rotatable bonds is 4. The highest BCUT2D eigenvalue weighted by molar-refractivity contribution is 5.87. The Balaban J connectivity index is 1.76. The number of carbonyl (C=O) groups is 1. The van der Waals surface area contributed by atoms with Crippen molar-refractivity contribution in [1.29, 1.82) is 0 Å². The summed E-state index contributed by atoms with van der Waals surface area (Å²) in [6, 6.07) is 6.75. The van der Waals surface area contributed by atoms with E-state index in [4.69, 9.17) is 4.74 Å². The molecule has 0 aliphatic carbocycles. The van der Waals surface area contributed by atoms with Crippen molar-refractivity contribution in [3.05, 3.63) is 48.2 Å². The van der Waals surface area contributed by atoms with Crippen molar-refractivity contribution in [2.75, 3.05) is 18.6 Å². The fourth-order valence-corrected chi connectivity index (χ4v) is 3.73. The summed E-state index contributed by atoms with van der Waals surface area (Å²) in [6.45, 7) is 2.88. The molecule has 1 saturated heterocycles. The van der Waals surface area contributed by atoms with E-state index in [1.54, 1.807) is 12.3 Å². The normalized spacial score (nSPS) is 19.6. The Kier molecular flexibility index (Phi) is 4.47. The van der Waals surface area contributed by atoms with E-state index in [0.717, 1.165) is 18.4 Å². The minimum absolute atomic E-state index is 0.0242. The lowest BCUT2D eigenvalue weighted by Gasteiger charge is -2.26. The van der Waals surface area contributed by atoms with Crippen molar-refractivity contribution >= 4 is 22.8 Å². The highest BCUT2D eigenvalue weighted by Gasteiger charge is 2.34. The summed E-state index contributed by atoms with van der Waals surface area (Å²) >= 11 is 0. The molecule has 0 saturated carbocycles. The molecule has 3 aromatic rings. The van der Waals surface area contributed by atoms with Gasteiger partial charge in [0.15, 0.2) is 5.65 Å². The molecule has 1 fully saturated rings. The number of esters is 1. The lowest BCUT2D eigenvalue weighted by Crippen LogP contribution is -2.25. The van der Waals surface area contributed by atoms with Crippen molar-refractivity contribution in [3.8, 4) is 0 Å². The number of hydrogen-bond acceptors (Lipinski definition) is 6. The van der Waals surface area contributed by atoms with E-state index in [1.165, 1.54) is 24.2 Å². The molecule has 140 valence electrons. The fourth-order valence-electron chi connectivity index (χ4n) is 3.73. The minimum atomic E-state index is -0.404. The number of carbonyl (C=O) groups excluding carboxylic acids is 1. The number of halogens is 1. The maximum atomic E-state index is 14.4. The molecule has 7 nitrogen and oxygen atoms in total. The van der Waals surface area contributed by atoms with Crippen LogP contribution in [0.25, 0.3) is 11.0 Å². The van der Waals surface area contributed by atoms with Crippen LogP contribution >= 0.6 is 0 Å². The second-order valence-corrected chi connectivity index (χ2v) is 6.84. The molecular weight excluding hydrogens is 349 g/mol. The number of methoxy groups -OCH3 is 1. The summed E-state index contributed by atoms with van der Waals surface area (Å²) in [4.78, 5) is 22.5. The van der Waals surface area contributed by atoms with E-state index in [1.807, 2.05) is 12.1 Å². The molecular formula is C19H20FN5O2. The Morgan fingerprint density at radius 1 is 1.33 bits per heavy atom. The molecule has 0 bridgehead atoms. The first-order chi connectivity index (χ1) is 13.1. The van der Waals surface area contributed by atoms with Crippen LogP contribution in [0.5, 0.6) is 0 Å². The standard InChI is InChI=1S/C19H20FN5O2/c1-12-7-16(13-5-3-4-6-15(13)20)24(9-12)18-14-8-23-25(10-17(26)27-2)19(14)22-11-21-18/h3-6,8,11-12,16H,7,9-10H2,1-2H3.